The Hall–Kier alpha value is -1.43. The first-order valence-corrected chi connectivity index (χ1v) is 9.94. The first-order chi connectivity index (χ1) is 11.5. The highest BCUT2D eigenvalue weighted by Crippen LogP contribution is 2.28. The number of amides is 2. The smallest absolute Gasteiger partial charge is 0.225 e. The second kappa shape index (κ2) is 7.64. The zero-order chi connectivity index (χ0) is 17.1. The van der Waals surface area contributed by atoms with Gasteiger partial charge in [-0.25, -0.2) is 4.98 Å². The van der Waals surface area contributed by atoms with Crippen LogP contribution in [0, 0.1) is 5.92 Å². The highest BCUT2D eigenvalue weighted by molar-refractivity contribution is 7.09. The van der Waals surface area contributed by atoms with E-state index in [0.29, 0.717) is 37.9 Å². The number of hydrogen-bond donors (Lipinski definition) is 1. The number of hydrogen-bond acceptors (Lipinski definition) is 4. The van der Waals surface area contributed by atoms with Crippen LogP contribution in [0.3, 0.4) is 0 Å². The van der Waals surface area contributed by atoms with Crippen LogP contribution < -0.4 is 5.32 Å². The minimum absolute atomic E-state index is 0.0598. The Morgan fingerprint density at radius 2 is 2.12 bits per heavy atom. The third-order valence-corrected chi connectivity index (χ3v) is 6.28. The first-order valence-electron chi connectivity index (χ1n) is 9.06. The van der Waals surface area contributed by atoms with Gasteiger partial charge in [0, 0.05) is 30.3 Å². The number of nitrogens with one attached hydrogen (secondary N) is 1. The van der Waals surface area contributed by atoms with Crippen LogP contribution in [0.1, 0.15) is 69.0 Å². The zero-order valence-corrected chi connectivity index (χ0v) is 15.4. The summed E-state index contributed by atoms with van der Waals surface area (Å²) < 4.78 is 0. The van der Waals surface area contributed by atoms with Crippen molar-refractivity contribution in [2.75, 3.05) is 6.54 Å². The van der Waals surface area contributed by atoms with Gasteiger partial charge in [0.25, 0.3) is 0 Å². The average molecular weight is 350 g/mol. The van der Waals surface area contributed by atoms with E-state index >= 15 is 0 Å². The number of carbonyl (C=O) groups is 2. The van der Waals surface area contributed by atoms with Crippen LogP contribution in [0.25, 0.3) is 0 Å². The second-order valence-electron chi connectivity index (χ2n) is 7.27. The molecule has 0 unspecified atom stereocenters. The van der Waals surface area contributed by atoms with Crippen molar-refractivity contribution in [2.45, 2.75) is 70.9 Å². The third kappa shape index (κ3) is 3.97. The summed E-state index contributed by atoms with van der Waals surface area (Å²) >= 11 is 1.65. The van der Waals surface area contributed by atoms with E-state index in [0.717, 1.165) is 23.5 Å². The van der Waals surface area contributed by atoms with E-state index in [2.05, 4.69) is 24.1 Å². The molecule has 1 aromatic heterocycles. The minimum Gasteiger partial charge on any atom is -0.350 e. The number of likely N-dealkylation sites (tertiary alicyclic amines) is 1. The second-order valence-corrected chi connectivity index (χ2v) is 8.16. The Bertz CT molecular complexity index is 593. The number of rotatable bonds is 5. The molecule has 132 valence electrons. The van der Waals surface area contributed by atoms with Crippen LogP contribution in [0.2, 0.25) is 0 Å². The van der Waals surface area contributed by atoms with Crippen LogP contribution in [0.4, 0.5) is 0 Å². The van der Waals surface area contributed by atoms with E-state index in [4.69, 9.17) is 0 Å². The molecule has 6 heteroatoms. The van der Waals surface area contributed by atoms with Crippen molar-refractivity contribution in [1.82, 2.24) is 15.2 Å². The molecule has 2 heterocycles. The van der Waals surface area contributed by atoms with Gasteiger partial charge in [-0.05, 0) is 19.3 Å². The van der Waals surface area contributed by atoms with Crippen molar-refractivity contribution in [3.63, 3.8) is 0 Å². The predicted octanol–water partition coefficient (Wildman–Crippen LogP) is 3.06. The standard InChI is InChI=1S/C18H27N3O2S/c1-12(2)18-20-14(11-24-18)9-19-17(23)13-7-8-16(22)21(10-13)15-5-3-4-6-15/h11-13,15H,3-10H2,1-2H3,(H,19,23)/t13-/m1/s1. The summed E-state index contributed by atoms with van der Waals surface area (Å²) in [4.78, 5) is 31.2. The number of nitrogens with zero attached hydrogens (tertiary/aromatic N) is 2. The summed E-state index contributed by atoms with van der Waals surface area (Å²) in [5.74, 6) is 0.631. The highest BCUT2D eigenvalue weighted by Gasteiger charge is 2.35. The van der Waals surface area contributed by atoms with Crippen LogP contribution in [-0.4, -0.2) is 34.3 Å². The summed E-state index contributed by atoms with van der Waals surface area (Å²) in [5, 5.41) is 6.14. The normalized spacial score (nSPS) is 22.4. The molecule has 2 amide bonds. The zero-order valence-electron chi connectivity index (χ0n) is 14.6. The molecule has 5 nitrogen and oxygen atoms in total. The molecule has 1 aliphatic heterocycles. The molecule has 0 spiro atoms. The molecule has 1 saturated heterocycles. The van der Waals surface area contributed by atoms with Crippen molar-refractivity contribution in [1.29, 1.82) is 0 Å². The van der Waals surface area contributed by atoms with Crippen LogP contribution in [0.15, 0.2) is 5.38 Å². The molecule has 2 fully saturated rings. The summed E-state index contributed by atoms with van der Waals surface area (Å²) in [6, 6.07) is 0.361. The molecule has 0 bridgehead atoms. The van der Waals surface area contributed by atoms with Gasteiger partial charge < -0.3 is 10.2 Å². The summed E-state index contributed by atoms with van der Waals surface area (Å²) in [5.41, 5.74) is 0.927. The summed E-state index contributed by atoms with van der Waals surface area (Å²) in [7, 11) is 0. The average Bonchev–Trinajstić information content (AvgIpc) is 3.24. The van der Waals surface area contributed by atoms with Crippen molar-refractivity contribution in [3.05, 3.63) is 16.1 Å². The number of piperidine rings is 1. The van der Waals surface area contributed by atoms with Gasteiger partial charge in [-0.2, -0.15) is 0 Å². The molecule has 2 aliphatic rings. The lowest BCUT2D eigenvalue weighted by atomic mass is 9.95. The highest BCUT2D eigenvalue weighted by atomic mass is 32.1. The lowest BCUT2D eigenvalue weighted by Gasteiger charge is -2.36. The van der Waals surface area contributed by atoms with Gasteiger partial charge in [0.1, 0.15) is 0 Å². The molecule has 1 N–H and O–H groups in total. The third-order valence-electron chi connectivity index (χ3n) is 5.09. The number of thiazole rings is 1. The lowest BCUT2D eigenvalue weighted by molar-refractivity contribution is -0.140. The van der Waals surface area contributed by atoms with E-state index in [9.17, 15) is 9.59 Å². The molecule has 1 atom stereocenters. The molecular formula is C18H27N3O2S. The largest absolute Gasteiger partial charge is 0.350 e. The fourth-order valence-corrected chi connectivity index (χ4v) is 4.48. The van der Waals surface area contributed by atoms with Crippen LogP contribution >= 0.6 is 11.3 Å². The molecule has 1 aliphatic carbocycles. The van der Waals surface area contributed by atoms with E-state index in [-0.39, 0.29) is 17.7 Å². The fraction of sp³-hybridized carbons (Fsp3) is 0.722. The molecule has 1 saturated carbocycles. The number of aromatic nitrogens is 1. The minimum atomic E-state index is -0.0773. The Balaban J connectivity index is 1.53. The molecule has 1 aromatic rings. The van der Waals surface area contributed by atoms with Gasteiger partial charge in [0.05, 0.1) is 23.2 Å². The van der Waals surface area contributed by atoms with E-state index < -0.39 is 0 Å². The van der Waals surface area contributed by atoms with Crippen molar-refractivity contribution < 1.29 is 9.59 Å². The predicted molar refractivity (Wildman–Crippen MR) is 94.7 cm³/mol. The fourth-order valence-electron chi connectivity index (χ4n) is 3.65. The molecule has 3 rings (SSSR count). The Morgan fingerprint density at radius 1 is 1.38 bits per heavy atom. The van der Waals surface area contributed by atoms with Gasteiger partial charge in [0.2, 0.25) is 11.8 Å². The van der Waals surface area contributed by atoms with Gasteiger partial charge >= 0.3 is 0 Å². The Morgan fingerprint density at radius 3 is 2.79 bits per heavy atom. The van der Waals surface area contributed by atoms with E-state index in [1.54, 1.807) is 11.3 Å². The SMILES string of the molecule is CC(C)c1nc(CNC(=O)[C@@H]2CCC(=O)N(C3CCCC3)C2)cs1. The summed E-state index contributed by atoms with van der Waals surface area (Å²) in [6.07, 6.45) is 5.76. The Kier molecular flexibility index (Phi) is 5.54. The van der Waals surface area contributed by atoms with Gasteiger partial charge in [0.15, 0.2) is 0 Å². The van der Waals surface area contributed by atoms with Crippen molar-refractivity contribution in [2.24, 2.45) is 5.92 Å². The molecular weight excluding hydrogens is 322 g/mol. The van der Waals surface area contributed by atoms with Crippen LogP contribution in [-0.2, 0) is 16.1 Å². The molecule has 0 aromatic carbocycles. The van der Waals surface area contributed by atoms with Gasteiger partial charge in [-0.1, -0.05) is 26.7 Å². The molecule has 0 radical (unpaired) electrons. The maximum atomic E-state index is 12.5. The maximum Gasteiger partial charge on any atom is 0.225 e. The number of carbonyl (C=O) groups excluding carboxylic acids is 2. The van der Waals surface area contributed by atoms with E-state index in [1.165, 1.54) is 12.8 Å². The lowest BCUT2D eigenvalue weighted by Crippen LogP contribution is -2.49. The summed E-state index contributed by atoms with van der Waals surface area (Å²) in [6.45, 7) is 5.31. The quantitative estimate of drug-likeness (QED) is 0.889. The molecule has 24 heavy (non-hydrogen) atoms. The van der Waals surface area contributed by atoms with Crippen LogP contribution in [0.5, 0.6) is 0 Å². The Labute approximate surface area is 147 Å². The van der Waals surface area contributed by atoms with Gasteiger partial charge in [-0.15, -0.1) is 11.3 Å². The van der Waals surface area contributed by atoms with E-state index in [1.807, 2.05) is 10.3 Å². The van der Waals surface area contributed by atoms with Crippen molar-refractivity contribution in [3.8, 4) is 0 Å². The topological polar surface area (TPSA) is 62.3 Å². The monoisotopic (exact) mass is 349 g/mol. The first kappa shape index (κ1) is 17.4. The van der Waals surface area contributed by atoms with Crippen molar-refractivity contribution >= 4 is 23.2 Å². The van der Waals surface area contributed by atoms with Gasteiger partial charge in [-0.3, -0.25) is 9.59 Å². The maximum absolute atomic E-state index is 12.5.